The van der Waals surface area contributed by atoms with Gasteiger partial charge < -0.3 is 14.5 Å². The Morgan fingerprint density at radius 2 is 1.88 bits per heavy atom. The molecule has 1 aliphatic heterocycles. The van der Waals surface area contributed by atoms with Gasteiger partial charge in [-0.05, 0) is 60.6 Å². The van der Waals surface area contributed by atoms with Gasteiger partial charge in [-0.3, -0.25) is 29.4 Å². The number of furan rings is 1. The number of hydrogen-bond donors (Lipinski definition) is 1. The van der Waals surface area contributed by atoms with E-state index in [-0.39, 0.29) is 50.0 Å². The molecule has 4 rings (SSSR count). The Kier molecular flexibility index (Phi) is 8.93. The van der Waals surface area contributed by atoms with Gasteiger partial charge in [0.25, 0.3) is 16.8 Å². The molecule has 0 saturated carbocycles. The summed E-state index contributed by atoms with van der Waals surface area (Å²) in [4.78, 5) is 61.5. The van der Waals surface area contributed by atoms with Crippen molar-refractivity contribution in [3.63, 3.8) is 0 Å². The Balaban J connectivity index is 1.44. The van der Waals surface area contributed by atoms with Crippen molar-refractivity contribution >= 4 is 75.4 Å². The highest BCUT2D eigenvalue weighted by molar-refractivity contribution is 8.18. The van der Waals surface area contributed by atoms with E-state index in [4.69, 9.17) is 32.4 Å². The average molecular weight is 604 g/mol. The molecule has 1 aromatic heterocycles. The predicted octanol–water partition coefficient (Wildman–Crippen LogP) is 6.40. The van der Waals surface area contributed by atoms with Gasteiger partial charge in [-0.2, -0.15) is 0 Å². The SMILES string of the molecule is CCCOC(=O)c1cc(NC(=O)CN2C(=O)S/C(=C/c3ccc(-c4ccc(Cl)c([N+](=O)[O-])c4)o3)C2=O)ccc1Cl. The van der Waals surface area contributed by atoms with Crippen molar-refractivity contribution in [2.24, 2.45) is 0 Å². The minimum atomic E-state index is -0.704. The number of hydrogen-bond acceptors (Lipinski definition) is 9. The molecule has 40 heavy (non-hydrogen) atoms. The van der Waals surface area contributed by atoms with Gasteiger partial charge in [-0.15, -0.1) is 0 Å². The second-order valence-electron chi connectivity index (χ2n) is 8.27. The quantitative estimate of drug-likeness (QED) is 0.127. The molecule has 1 fully saturated rings. The molecular formula is C26H19Cl2N3O8S. The number of benzene rings is 2. The summed E-state index contributed by atoms with van der Waals surface area (Å²) in [6, 6.07) is 11.5. The van der Waals surface area contributed by atoms with E-state index in [2.05, 4.69) is 5.32 Å². The zero-order valence-electron chi connectivity index (χ0n) is 20.6. The highest BCUT2D eigenvalue weighted by Crippen LogP contribution is 2.35. The van der Waals surface area contributed by atoms with Crippen molar-refractivity contribution < 1.29 is 33.3 Å². The maximum absolute atomic E-state index is 12.9. The predicted molar refractivity (Wildman–Crippen MR) is 149 cm³/mol. The Morgan fingerprint density at radius 3 is 2.60 bits per heavy atom. The largest absolute Gasteiger partial charge is 0.462 e. The number of ether oxygens (including phenoxy) is 1. The number of anilines is 1. The molecule has 2 aromatic carbocycles. The molecule has 0 bridgehead atoms. The fourth-order valence-electron chi connectivity index (χ4n) is 3.53. The number of esters is 1. The van der Waals surface area contributed by atoms with Gasteiger partial charge in [0, 0.05) is 23.4 Å². The molecule has 1 saturated heterocycles. The summed E-state index contributed by atoms with van der Waals surface area (Å²) in [5.41, 5.74) is 0.395. The topological polar surface area (TPSA) is 149 Å². The molecule has 14 heteroatoms. The lowest BCUT2D eigenvalue weighted by Crippen LogP contribution is -2.36. The van der Waals surface area contributed by atoms with Crippen molar-refractivity contribution in [2.45, 2.75) is 13.3 Å². The normalized spacial score (nSPS) is 14.1. The molecule has 11 nitrogen and oxygen atoms in total. The first-order valence-corrected chi connectivity index (χ1v) is 13.2. The van der Waals surface area contributed by atoms with Crippen LogP contribution in [0.25, 0.3) is 17.4 Å². The summed E-state index contributed by atoms with van der Waals surface area (Å²) in [5.74, 6) is -1.53. The minimum absolute atomic E-state index is 0.0215. The van der Waals surface area contributed by atoms with E-state index in [0.29, 0.717) is 23.7 Å². The van der Waals surface area contributed by atoms with E-state index in [1.165, 1.54) is 42.5 Å². The van der Waals surface area contributed by atoms with Crippen LogP contribution in [-0.2, 0) is 14.3 Å². The van der Waals surface area contributed by atoms with Gasteiger partial charge >= 0.3 is 5.97 Å². The summed E-state index contributed by atoms with van der Waals surface area (Å²) in [6.45, 7) is 1.48. The van der Waals surface area contributed by atoms with Crippen LogP contribution in [0.5, 0.6) is 0 Å². The number of thioether (sulfide) groups is 1. The first kappa shape index (κ1) is 28.9. The number of nitrogens with one attached hydrogen (secondary N) is 1. The number of carbonyl (C=O) groups is 4. The lowest BCUT2D eigenvalue weighted by molar-refractivity contribution is -0.384. The molecule has 0 aliphatic carbocycles. The molecular weight excluding hydrogens is 585 g/mol. The van der Waals surface area contributed by atoms with Gasteiger partial charge in [-0.25, -0.2) is 4.79 Å². The smallest absolute Gasteiger partial charge is 0.339 e. The van der Waals surface area contributed by atoms with Crippen molar-refractivity contribution in [1.29, 1.82) is 0 Å². The molecule has 0 radical (unpaired) electrons. The number of imide groups is 1. The zero-order chi connectivity index (χ0) is 29.0. The van der Waals surface area contributed by atoms with Crippen LogP contribution in [0.4, 0.5) is 16.2 Å². The number of halogens is 2. The standard InChI is InChI=1S/C26H19Cl2N3O8S/c1-2-9-38-25(34)17-11-15(4-7-18(17)27)29-23(32)13-30-24(33)22(40-26(30)35)12-16-5-8-21(39-16)14-3-6-19(28)20(10-14)31(36)37/h3-8,10-12H,2,9,13H2,1H3,(H,29,32)/b22-12+. The van der Waals surface area contributed by atoms with Gasteiger partial charge in [0.2, 0.25) is 5.91 Å². The second-order valence-corrected chi connectivity index (χ2v) is 10.1. The maximum atomic E-state index is 12.9. The number of nitrogens with zero attached hydrogens (tertiary/aromatic N) is 2. The lowest BCUT2D eigenvalue weighted by Gasteiger charge is -2.13. The number of rotatable bonds is 9. The van der Waals surface area contributed by atoms with E-state index < -0.39 is 34.5 Å². The maximum Gasteiger partial charge on any atom is 0.339 e. The van der Waals surface area contributed by atoms with Gasteiger partial charge in [-0.1, -0.05) is 30.1 Å². The third-order valence-electron chi connectivity index (χ3n) is 5.41. The van der Waals surface area contributed by atoms with Crippen molar-refractivity contribution in [3.8, 4) is 11.3 Å². The Labute approximate surface area is 241 Å². The number of carbonyl (C=O) groups excluding carboxylic acids is 4. The Bertz CT molecular complexity index is 1570. The van der Waals surface area contributed by atoms with E-state index in [1.807, 2.05) is 6.92 Å². The van der Waals surface area contributed by atoms with Crippen LogP contribution < -0.4 is 5.32 Å². The summed E-state index contributed by atoms with van der Waals surface area (Å²) in [6.07, 6.45) is 1.96. The highest BCUT2D eigenvalue weighted by Gasteiger charge is 2.36. The lowest BCUT2D eigenvalue weighted by atomic mass is 10.1. The second kappa shape index (κ2) is 12.4. The zero-order valence-corrected chi connectivity index (χ0v) is 23.0. The van der Waals surface area contributed by atoms with Crippen LogP contribution in [0.1, 0.15) is 29.5 Å². The van der Waals surface area contributed by atoms with E-state index >= 15 is 0 Å². The van der Waals surface area contributed by atoms with Crippen molar-refractivity contribution in [3.05, 3.63) is 84.9 Å². The Morgan fingerprint density at radius 1 is 1.12 bits per heavy atom. The summed E-state index contributed by atoms with van der Waals surface area (Å²) < 4.78 is 10.8. The third kappa shape index (κ3) is 6.53. The molecule has 1 N–H and O–H groups in total. The van der Waals surface area contributed by atoms with Crippen LogP contribution in [0.3, 0.4) is 0 Å². The molecule has 0 spiro atoms. The van der Waals surface area contributed by atoms with Crippen molar-refractivity contribution in [1.82, 2.24) is 4.90 Å². The van der Waals surface area contributed by atoms with Crippen LogP contribution in [0, 0.1) is 10.1 Å². The molecule has 0 atom stereocenters. The summed E-state index contributed by atoms with van der Waals surface area (Å²) in [5, 5.41) is 13.2. The van der Waals surface area contributed by atoms with Gasteiger partial charge in [0.15, 0.2) is 0 Å². The minimum Gasteiger partial charge on any atom is -0.462 e. The molecule has 3 amide bonds. The van der Waals surface area contributed by atoms with Crippen LogP contribution in [-0.4, -0.2) is 46.0 Å². The van der Waals surface area contributed by atoms with Crippen LogP contribution in [0.2, 0.25) is 10.0 Å². The molecule has 1 aliphatic rings. The first-order valence-electron chi connectivity index (χ1n) is 11.6. The number of amides is 3. The van der Waals surface area contributed by atoms with E-state index in [9.17, 15) is 29.3 Å². The highest BCUT2D eigenvalue weighted by atomic mass is 35.5. The number of nitro groups is 1. The van der Waals surface area contributed by atoms with Gasteiger partial charge in [0.1, 0.15) is 23.1 Å². The number of nitro benzene ring substituents is 1. The van der Waals surface area contributed by atoms with Crippen LogP contribution >= 0.6 is 35.0 Å². The molecule has 0 unspecified atom stereocenters. The van der Waals surface area contributed by atoms with Crippen LogP contribution in [0.15, 0.2) is 57.9 Å². The van der Waals surface area contributed by atoms with Crippen molar-refractivity contribution in [2.75, 3.05) is 18.5 Å². The fraction of sp³-hybridized carbons (Fsp3) is 0.154. The molecule has 2 heterocycles. The Hall–Kier alpha value is -4.13. The monoisotopic (exact) mass is 603 g/mol. The third-order valence-corrected chi connectivity index (χ3v) is 6.97. The molecule has 3 aromatic rings. The van der Waals surface area contributed by atoms with Gasteiger partial charge in [0.05, 0.1) is 27.0 Å². The van der Waals surface area contributed by atoms with E-state index in [1.54, 1.807) is 12.1 Å². The summed E-state index contributed by atoms with van der Waals surface area (Å²) >= 11 is 12.5. The molecule has 206 valence electrons. The average Bonchev–Trinajstić information content (AvgIpc) is 3.48. The fourth-order valence-corrected chi connectivity index (χ4v) is 4.73. The summed E-state index contributed by atoms with van der Waals surface area (Å²) in [7, 11) is 0. The first-order chi connectivity index (χ1) is 19.1. The van der Waals surface area contributed by atoms with E-state index in [0.717, 1.165) is 4.90 Å².